The molecule has 1 aliphatic rings. The molecule has 0 bridgehead atoms. The molecule has 28 heavy (non-hydrogen) atoms. The molecule has 0 spiro atoms. The number of hydrogen-bond donors (Lipinski definition) is 3. The van der Waals surface area contributed by atoms with Gasteiger partial charge < -0.3 is 24.8 Å². The van der Waals surface area contributed by atoms with E-state index in [-0.39, 0.29) is 0 Å². The van der Waals surface area contributed by atoms with Crippen LogP contribution in [0, 0.1) is 0 Å². The van der Waals surface area contributed by atoms with E-state index >= 15 is 0 Å². The van der Waals surface area contributed by atoms with E-state index in [1.807, 2.05) is 37.3 Å². The number of aliphatic hydroxyl groups excluding tert-OH is 3. The minimum atomic E-state index is -1.28. The topological polar surface area (TPSA) is 79.2 Å². The lowest BCUT2D eigenvalue weighted by Gasteiger charge is -2.40. The highest BCUT2D eigenvalue weighted by molar-refractivity contribution is 7.99. The van der Waals surface area contributed by atoms with Crippen LogP contribution in [0.4, 0.5) is 0 Å². The lowest BCUT2D eigenvalue weighted by atomic mass is 9.92. The first-order chi connectivity index (χ1) is 13.4. The molecule has 1 heterocycles. The van der Waals surface area contributed by atoms with Crippen molar-refractivity contribution in [1.82, 2.24) is 0 Å². The Morgan fingerprint density at radius 2 is 1.75 bits per heavy atom. The Kier molecular flexibility index (Phi) is 7.25. The predicted octanol–water partition coefficient (Wildman–Crippen LogP) is 3.17. The van der Waals surface area contributed by atoms with Gasteiger partial charge in [-0.25, -0.2) is 0 Å². The number of hydrogen-bond acceptors (Lipinski definition) is 6. The number of aliphatic hydroxyl groups is 3. The van der Waals surface area contributed by atoms with Crippen molar-refractivity contribution in [2.45, 2.75) is 43.2 Å². The molecule has 5 nitrogen and oxygen atoms in total. The van der Waals surface area contributed by atoms with Gasteiger partial charge in [0, 0.05) is 5.02 Å². The van der Waals surface area contributed by atoms with Crippen molar-refractivity contribution in [3.63, 3.8) is 0 Å². The molecular weight excluding hydrogens is 400 g/mol. The molecule has 2 aromatic rings. The van der Waals surface area contributed by atoms with Gasteiger partial charge in [0.15, 0.2) is 0 Å². The smallest absolute Gasteiger partial charge is 0.132 e. The van der Waals surface area contributed by atoms with Crippen LogP contribution in [-0.2, 0) is 11.2 Å². The summed E-state index contributed by atoms with van der Waals surface area (Å²) in [6.07, 6.45) is -1.99. The van der Waals surface area contributed by atoms with E-state index in [2.05, 4.69) is 0 Å². The molecule has 2 aromatic carbocycles. The van der Waals surface area contributed by atoms with Crippen molar-refractivity contribution in [2.75, 3.05) is 12.9 Å². The predicted molar refractivity (Wildman–Crippen MR) is 111 cm³/mol. The standard InChI is InChI=1S/C21H25ClO5S/c1-3-26-15-7-4-12(5-8-15)10-14-11-13(6-9-16(14)22)20-18(24)17(23)19(25)21(27-20)28-2/h4-9,11,17-21,23-25H,3,10H2,1-2H3/t17-,18-,19+,20-,21-/m1/s1. The summed E-state index contributed by atoms with van der Waals surface area (Å²) in [4.78, 5) is 0. The number of halogens is 1. The third-order valence-electron chi connectivity index (χ3n) is 4.83. The summed E-state index contributed by atoms with van der Waals surface area (Å²) < 4.78 is 11.3. The van der Waals surface area contributed by atoms with Crippen LogP contribution in [0.25, 0.3) is 0 Å². The van der Waals surface area contributed by atoms with Crippen LogP contribution in [0.5, 0.6) is 5.75 Å². The van der Waals surface area contributed by atoms with Gasteiger partial charge in [0.2, 0.25) is 0 Å². The summed E-state index contributed by atoms with van der Waals surface area (Å²) in [6.45, 7) is 2.56. The minimum absolute atomic E-state index is 0.610. The molecule has 5 atom stereocenters. The van der Waals surface area contributed by atoms with E-state index in [0.717, 1.165) is 16.9 Å². The fraction of sp³-hybridized carbons (Fsp3) is 0.429. The quantitative estimate of drug-likeness (QED) is 0.661. The van der Waals surface area contributed by atoms with Gasteiger partial charge in [-0.3, -0.25) is 0 Å². The zero-order chi connectivity index (χ0) is 20.3. The average Bonchev–Trinajstić information content (AvgIpc) is 2.70. The van der Waals surface area contributed by atoms with Crippen molar-refractivity contribution in [2.24, 2.45) is 0 Å². The van der Waals surface area contributed by atoms with Crippen LogP contribution in [0.15, 0.2) is 42.5 Å². The molecule has 0 aliphatic carbocycles. The van der Waals surface area contributed by atoms with Crippen LogP contribution in [0.3, 0.4) is 0 Å². The highest BCUT2D eigenvalue weighted by Gasteiger charge is 2.44. The normalized spacial score (nSPS) is 27.6. The van der Waals surface area contributed by atoms with E-state index in [1.165, 1.54) is 11.8 Å². The van der Waals surface area contributed by atoms with E-state index in [0.29, 0.717) is 23.6 Å². The first-order valence-corrected chi connectivity index (χ1v) is 10.8. The van der Waals surface area contributed by atoms with E-state index < -0.39 is 29.9 Å². The lowest BCUT2D eigenvalue weighted by Crippen LogP contribution is -2.52. The lowest BCUT2D eigenvalue weighted by molar-refractivity contribution is -0.200. The van der Waals surface area contributed by atoms with Gasteiger partial charge in [0.05, 0.1) is 6.61 Å². The third kappa shape index (κ3) is 4.64. The van der Waals surface area contributed by atoms with E-state index in [4.69, 9.17) is 21.1 Å². The average molecular weight is 425 g/mol. The molecule has 0 radical (unpaired) electrons. The molecule has 0 unspecified atom stereocenters. The second-order valence-electron chi connectivity index (χ2n) is 6.74. The summed E-state index contributed by atoms with van der Waals surface area (Å²) in [7, 11) is 0. The number of rotatable bonds is 6. The van der Waals surface area contributed by atoms with E-state index in [9.17, 15) is 15.3 Å². The molecule has 1 aliphatic heterocycles. The highest BCUT2D eigenvalue weighted by Crippen LogP contribution is 2.37. The summed E-state index contributed by atoms with van der Waals surface area (Å²) in [5, 5.41) is 31.2. The van der Waals surface area contributed by atoms with Crippen LogP contribution < -0.4 is 4.74 Å². The highest BCUT2D eigenvalue weighted by atomic mass is 35.5. The van der Waals surface area contributed by atoms with E-state index in [1.54, 1.807) is 18.4 Å². The van der Waals surface area contributed by atoms with Crippen molar-refractivity contribution < 1.29 is 24.8 Å². The summed E-state index contributed by atoms with van der Waals surface area (Å²) in [6, 6.07) is 13.3. The molecule has 1 fully saturated rings. The van der Waals surface area contributed by atoms with Gasteiger partial charge in [0.1, 0.15) is 35.6 Å². The monoisotopic (exact) mass is 424 g/mol. The molecular formula is C21H25ClO5S. The van der Waals surface area contributed by atoms with Crippen molar-refractivity contribution >= 4 is 23.4 Å². The second-order valence-corrected chi connectivity index (χ2v) is 8.08. The van der Waals surface area contributed by atoms with Crippen LogP contribution >= 0.6 is 23.4 Å². The van der Waals surface area contributed by atoms with Crippen molar-refractivity contribution in [3.8, 4) is 5.75 Å². The zero-order valence-electron chi connectivity index (χ0n) is 15.8. The summed E-state index contributed by atoms with van der Waals surface area (Å²) >= 11 is 7.68. The Labute approximate surface area is 174 Å². The first-order valence-electron chi connectivity index (χ1n) is 9.17. The Balaban J connectivity index is 1.82. The molecule has 3 N–H and O–H groups in total. The third-order valence-corrected chi connectivity index (χ3v) is 6.05. The summed E-state index contributed by atoms with van der Waals surface area (Å²) in [5.74, 6) is 0.820. The molecule has 152 valence electrons. The van der Waals surface area contributed by atoms with Gasteiger partial charge in [-0.2, -0.15) is 0 Å². The second kappa shape index (κ2) is 9.48. The SMILES string of the molecule is CCOc1ccc(Cc2cc([C@H]3O[C@H](SC)[C@@H](O)[C@H](O)[C@H]3O)ccc2Cl)cc1. The first kappa shape index (κ1) is 21.4. The molecule has 0 aromatic heterocycles. The van der Waals surface area contributed by atoms with Gasteiger partial charge in [0.25, 0.3) is 0 Å². The van der Waals surface area contributed by atoms with Gasteiger partial charge >= 0.3 is 0 Å². The molecule has 3 rings (SSSR count). The number of ether oxygens (including phenoxy) is 2. The van der Waals surface area contributed by atoms with Gasteiger partial charge in [-0.15, -0.1) is 11.8 Å². The maximum atomic E-state index is 10.4. The fourth-order valence-electron chi connectivity index (χ4n) is 3.32. The maximum Gasteiger partial charge on any atom is 0.132 e. The summed E-state index contributed by atoms with van der Waals surface area (Å²) in [5.41, 5.74) is 2.06. The Bertz CT molecular complexity index is 783. The van der Waals surface area contributed by atoms with Crippen molar-refractivity contribution in [1.29, 1.82) is 0 Å². The number of benzene rings is 2. The molecule has 1 saturated heterocycles. The fourth-order valence-corrected chi connectivity index (χ4v) is 4.17. The molecule has 7 heteroatoms. The largest absolute Gasteiger partial charge is 0.494 e. The van der Waals surface area contributed by atoms with Crippen LogP contribution in [0.1, 0.15) is 29.7 Å². The van der Waals surface area contributed by atoms with Gasteiger partial charge in [-0.05, 0) is 54.5 Å². The van der Waals surface area contributed by atoms with Crippen LogP contribution in [0.2, 0.25) is 5.02 Å². The molecule has 0 amide bonds. The maximum absolute atomic E-state index is 10.4. The molecule has 0 saturated carbocycles. The van der Waals surface area contributed by atoms with Crippen molar-refractivity contribution in [3.05, 3.63) is 64.2 Å². The minimum Gasteiger partial charge on any atom is -0.494 e. The Morgan fingerprint density at radius 3 is 2.39 bits per heavy atom. The Morgan fingerprint density at radius 1 is 1.04 bits per heavy atom. The number of thioether (sulfide) groups is 1. The van der Waals surface area contributed by atoms with Gasteiger partial charge in [-0.1, -0.05) is 35.9 Å². The Hall–Kier alpha value is -1.28. The van der Waals surface area contributed by atoms with Crippen LogP contribution in [-0.4, -0.2) is 51.9 Å². The zero-order valence-corrected chi connectivity index (χ0v) is 17.4.